The van der Waals surface area contributed by atoms with Crippen molar-refractivity contribution in [3.05, 3.63) is 87.9 Å². The maximum Gasteiger partial charge on any atom is 0.264 e. The van der Waals surface area contributed by atoms with Gasteiger partial charge in [0.1, 0.15) is 17.4 Å². The molecule has 3 aromatic carbocycles. The number of amides is 3. The van der Waals surface area contributed by atoms with Crippen molar-refractivity contribution in [2.24, 2.45) is 5.92 Å². The number of anilines is 2. The summed E-state index contributed by atoms with van der Waals surface area (Å²) >= 11 is 6.23. The summed E-state index contributed by atoms with van der Waals surface area (Å²) in [6, 6.07) is 12.2. The summed E-state index contributed by atoms with van der Waals surface area (Å²) in [6.07, 6.45) is 0. The number of hydrogen-bond donors (Lipinski definition) is 2. The lowest BCUT2D eigenvalue weighted by atomic mass is 10.1. The quantitative estimate of drug-likeness (QED) is 0.478. The summed E-state index contributed by atoms with van der Waals surface area (Å²) in [7, 11) is 0. The smallest absolute Gasteiger partial charge is 0.264 e. The second-order valence-electron chi connectivity index (χ2n) is 8.45. The summed E-state index contributed by atoms with van der Waals surface area (Å²) in [4.78, 5) is 38.9. The van der Waals surface area contributed by atoms with E-state index in [-0.39, 0.29) is 58.4 Å². The average Bonchev–Trinajstić information content (AvgIpc) is 2.84. The van der Waals surface area contributed by atoms with Crippen LogP contribution in [0.3, 0.4) is 0 Å². The van der Waals surface area contributed by atoms with E-state index in [1.807, 2.05) is 0 Å². The molecule has 0 bridgehead atoms. The van der Waals surface area contributed by atoms with Crippen LogP contribution in [-0.4, -0.2) is 24.5 Å². The zero-order valence-electron chi connectivity index (χ0n) is 19.4. The standard InChI is InChI=1S/C26H22ClF2N3O4/c1-14(2)24(33)30-12-15-3-6-20(27)18(9-15)25(34)31-17-5-8-23-19(11-17)26(35)32(13-36-23)22-7-4-16(28)10-21(22)29/h3-11,14H,12-13H2,1-2H3,(H,30,33)(H,31,34). The van der Waals surface area contributed by atoms with Gasteiger partial charge in [0.05, 0.1) is 21.8 Å². The molecule has 36 heavy (non-hydrogen) atoms. The van der Waals surface area contributed by atoms with Gasteiger partial charge in [-0.1, -0.05) is 31.5 Å². The lowest BCUT2D eigenvalue weighted by molar-refractivity contribution is -0.124. The van der Waals surface area contributed by atoms with Gasteiger partial charge in [0.15, 0.2) is 6.73 Å². The van der Waals surface area contributed by atoms with E-state index >= 15 is 0 Å². The fraction of sp³-hybridized carbons (Fsp3) is 0.192. The second kappa shape index (κ2) is 10.3. The summed E-state index contributed by atoms with van der Waals surface area (Å²) in [5.74, 6) is -2.80. The molecule has 0 spiro atoms. The van der Waals surface area contributed by atoms with Gasteiger partial charge in [0, 0.05) is 24.2 Å². The van der Waals surface area contributed by atoms with Gasteiger partial charge >= 0.3 is 0 Å². The highest BCUT2D eigenvalue weighted by atomic mass is 35.5. The number of benzene rings is 3. The molecule has 10 heteroatoms. The molecule has 0 fully saturated rings. The van der Waals surface area contributed by atoms with Crippen LogP contribution in [0.1, 0.15) is 40.1 Å². The van der Waals surface area contributed by atoms with Crippen LogP contribution < -0.4 is 20.3 Å². The number of halogens is 3. The average molecular weight is 514 g/mol. The highest BCUT2D eigenvalue weighted by Crippen LogP contribution is 2.32. The third-order valence-corrected chi connectivity index (χ3v) is 5.86. The molecule has 0 atom stereocenters. The van der Waals surface area contributed by atoms with Gasteiger partial charge in [0.25, 0.3) is 11.8 Å². The summed E-state index contributed by atoms with van der Waals surface area (Å²) in [5.41, 5.74) is 1.12. The van der Waals surface area contributed by atoms with Crippen molar-refractivity contribution in [1.82, 2.24) is 5.32 Å². The van der Waals surface area contributed by atoms with Gasteiger partial charge in [-0.05, 0) is 48.0 Å². The number of hydrogen-bond acceptors (Lipinski definition) is 4. The van der Waals surface area contributed by atoms with Crippen molar-refractivity contribution in [1.29, 1.82) is 0 Å². The Morgan fingerprint density at radius 2 is 1.86 bits per heavy atom. The molecule has 7 nitrogen and oxygen atoms in total. The van der Waals surface area contributed by atoms with E-state index in [0.29, 0.717) is 11.6 Å². The Morgan fingerprint density at radius 1 is 1.08 bits per heavy atom. The molecule has 3 amide bonds. The molecule has 0 aromatic heterocycles. The highest BCUT2D eigenvalue weighted by molar-refractivity contribution is 6.34. The predicted octanol–water partition coefficient (Wildman–Crippen LogP) is 5.14. The van der Waals surface area contributed by atoms with Crippen LogP contribution in [0.2, 0.25) is 5.02 Å². The Kier molecular flexibility index (Phi) is 7.21. The zero-order chi connectivity index (χ0) is 26.0. The molecule has 1 aliphatic rings. The van der Waals surface area contributed by atoms with E-state index < -0.39 is 23.4 Å². The lowest BCUT2D eigenvalue weighted by Crippen LogP contribution is -2.39. The van der Waals surface area contributed by atoms with E-state index in [2.05, 4.69) is 10.6 Å². The topological polar surface area (TPSA) is 87.7 Å². The van der Waals surface area contributed by atoms with Crippen LogP contribution in [0.15, 0.2) is 54.6 Å². The zero-order valence-corrected chi connectivity index (χ0v) is 20.2. The third kappa shape index (κ3) is 5.31. The normalized spacial score (nSPS) is 12.7. The molecule has 186 valence electrons. The van der Waals surface area contributed by atoms with E-state index in [1.54, 1.807) is 38.1 Å². The number of rotatable bonds is 6. The predicted molar refractivity (Wildman–Crippen MR) is 131 cm³/mol. The molecular formula is C26H22ClF2N3O4. The minimum Gasteiger partial charge on any atom is -0.472 e. The fourth-order valence-electron chi connectivity index (χ4n) is 3.57. The summed E-state index contributed by atoms with van der Waals surface area (Å²) in [5, 5.41) is 5.68. The van der Waals surface area contributed by atoms with Gasteiger partial charge in [-0.25, -0.2) is 8.78 Å². The van der Waals surface area contributed by atoms with Crippen molar-refractivity contribution >= 4 is 40.7 Å². The lowest BCUT2D eigenvalue weighted by Gasteiger charge is -2.29. The van der Waals surface area contributed by atoms with Gasteiger partial charge in [-0.15, -0.1) is 0 Å². The molecule has 0 unspecified atom stereocenters. The maximum atomic E-state index is 14.3. The van der Waals surface area contributed by atoms with E-state index in [1.165, 1.54) is 12.1 Å². The van der Waals surface area contributed by atoms with Crippen LogP contribution in [0.5, 0.6) is 5.75 Å². The number of carbonyl (C=O) groups excluding carboxylic acids is 3. The van der Waals surface area contributed by atoms with Gasteiger partial charge in [0.2, 0.25) is 5.91 Å². The molecule has 3 aromatic rings. The molecule has 2 N–H and O–H groups in total. The number of carbonyl (C=O) groups is 3. The van der Waals surface area contributed by atoms with Crippen molar-refractivity contribution in [3.8, 4) is 5.75 Å². The van der Waals surface area contributed by atoms with Crippen LogP contribution in [0.4, 0.5) is 20.2 Å². The van der Waals surface area contributed by atoms with Gasteiger partial charge in [-0.3, -0.25) is 19.3 Å². The first-order valence-corrected chi connectivity index (χ1v) is 11.4. The largest absolute Gasteiger partial charge is 0.472 e. The van der Waals surface area contributed by atoms with Crippen molar-refractivity contribution < 1.29 is 27.9 Å². The Bertz CT molecular complexity index is 1360. The molecular weight excluding hydrogens is 492 g/mol. The molecule has 1 aliphatic heterocycles. The fourth-order valence-corrected chi connectivity index (χ4v) is 3.77. The minimum atomic E-state index is -0.904. The molecule has 1 heterocycles. The molecule has 4 rings (SSSR count). The summed E-state index contributed by atoms with van der Waals surface area (Å²) < 4.78 is 33.1. The SMILES string of the molecule is CC(C)C(=O)NCc1ccc(Cl)c(C(=O)Nc2ccc3c(c2)C(=O)N(c2ccc(F)cc2F)CO3)c1. The first kappa shape index (κ1) is 25.1. The van der Waals surface area contributed by atoms with Gasteiger partial charge < -0.3 is 15.4 Å². The summed E-state index contributed by atoms with van der Waals surface area (Å²) in [6.45, 7) is 3.53. The Morgan fingerprint density at radius 3 is 2.58 bits per heavy atom. The molecule has 0 radical (unpaired) electrons. The monoisotopic (exact) mass is 513 g/mol. The van der Waals surface area contributed by atoms with Crippen molar-refractivity contribution in [2.75, 3.05) is 16.9 Å². The van der Waals surface area contributed by atoms with E-state index in [0.717, 1.165) is 17.0 Å². The van der Waals surface area contributed by atoms with Crippen LogP contribution >= 0.6 is 11.6 Å². The first-order chi connectivity index (χ1) is 17.1. The van der Waals surface area contributed by atoms with Crippen LogP contribution in [0, 0.1) is 17.6 Å². The van der Waals surface area contributed by atoms with Crippen LogP contribution in [0.25, 0.3) is 0 Å². The van der Waals surface area contributed by atoms with E-state index in [9.17, 15) is 23.2 Å². The molecule has 0 saturated heterocycles. The second-order valence-corrected chi connectivity index (χ2v) is 8.86. The minimum absolute atomic E-state index is 0.0963. The number of fused-ring (bicyclic) bond motifs is 1. The number of nitrogens with zero attached hydrogens (tertiary/aromatic N) is 1. The Hall–Kier alpha value is -3.98. The molecule has 0 aliphatic carbocycles. The van der Waals surface area contributed by atoms with Gasteiger partial charge in [-0.2, -0.15) is 0 Å². The van der Waals surface area contributed by atoms with E-state index in [4.69, 9.17) is 16.3 Å². The maximum absolute atomic E-state index is 14.3. The number of nitrogens with one attached hydrogen (secondary N) is 2. The van der Waals surface area contributed by atoms with Crippen molar-refractivity contribution in [2.45, 2.75) is 20.4 Å². The Balaban J connectivity index is 1.53. The molecule has 0 saturated carbocycles. The third-order valence-electron chi connectivity index (χ3n) is 5.53. The van der Waals surface area contributed by atoms with Crippen molar-refractivity contribution in [3.63, 3.8) is 0 Å². The number of ether oxygens (including phenoxy) is 1. The van der Waals surface area contributed by atoms with Crippen LogP contribution in [-0.2, 0) is 11.3 Å². The highest BCUT2D eigenvalue weighted by Gasteiger charge is 2.29. The first-order valence-electron chi connectivity index (χ1n) is 11.1. The Labute approximate surface area is 211 Å².